The molecule has 1 atom stereocenters. The van der Waals surface area contributed by atoms with Crippen molar-refractivity contribution in [2.75, 3.05) is 7.11 Å². The quantitative estimate of drug-likeness (QED) is 0.625. The molecule has 124 valence electrons. The lowest BCUT2D eigenvalue weighted by molar-refractivity contribution is 0.100. The van der Waals surface area contributed by atoms with Gasteiger partial charge in [0.1, 0.15) is 11.5 Å². The summed E-state index contributed by atoms with van der Waals surface area (Å²) in [5.41, 5.74) is 0.473. The average Bonchev–Trinajstić information content (AvgIpc) is 3.25. The Morgan fingerprint density at radius 3 is 2.79 bits per heavy atom. The van der Waals surface area contributed by atoms with Crippen molar-refractivity contribution in [2.45, 2.75) is 20.0 Å². The number of benzene rings is 1. The fourth-order valence-corrected chi connectivity index (χ4v) is 2.80. The zero-order valence-electron chi connectivity index (χ0n) is 13.5. The lowest BCUT2D eigenvalue weighted by Gasteiger charge is -2.14. The molecule has 0 amide bonds. The molecule has 0 aliphatic rings. The van der Waals surface area contributed by atoms with E-state index in [1.54, 1.807) is 32.2 Å². The van der Waals surface area contributed by atoms with E-state index in [0.717, 1.165) is 4.88 Å². The fourth-order valence-electron chi connectivity index (χ4n) is 2.16. The molecule has 2 aromatic heterocycles. The van der Waals surface area contributed by atoms with Gasteiger partial charge in [-0.15, -0.1) is 21.5 Å². The number of carbonyl (C=O) groups excluding carboxylic acids is 1. The van der Waals surface area contributed by atoms with E-state index in [2.05, 4.69) is 10.2 Å². The lowest BCUT2D eigenvalue weighted by atomic mass is 10.1. The fraction of sp³-hybridized carbons (Fsp3) is 0.235. The molecule has 0 saturated carbocycles. The smallest absolute Gasteiger partial charge is 0.257 e. The van der Waals surface area contributed by atoms with E-state index in [1.165, 1.54) is 18.3 Å². The molecule has 0 aliphatic carbocycles. The van der Waals surface area contributed by atoms with Crippen molar-refractivity contribution < 1.29 is 18.7 Å². The zero-order valence-corrected chi connectivity index (χ0v) is 14.3. The van der Waals surface area contributed by atoms with Crippen LogP contribution in [0.4, 0.5) is 0 Å². The molecule has 3 rings (SSSR count). The number of ether oxygens (including phenoxy) is 2. The monoisotopic (exact) mass is 344 g/mol. The second kappa shape index (κ2) is 6.84. The summed E-state index contributed by atoms with van der Waals surface area (Å²) in [7, 11) is 1.56. The molecule has 24 heavy (non-hydrogen) atoms. The van der Waals surface area contributed by atoms with Gasteiger partial charge in [0, 0.05) is 6.07 Å². The van der Waals surface area contributed by atoms with Gasteiger partial charge in [0.2, 0.25) is 0 Å². The Morgan fingerprint density at radius 1 is 1.29 bits per heavy atom. The van der Waals surface area contributed by atoms with Gasteiger partial charge in [-0.25, -0.2) is 0 Å². The molecule has 0 bridgehead atoms. The summed E-state index contributed by atoms with van der Waals surface area (Å²) in [4.78, 5) is 12.7. The molecule has 0 aliphatic heterocycles. The maximum atomic E-state index is 11.8. The van der Waals surface area contributed by atoms with Gasteiger partial charge in [-0.2, -0.15) is 0 Å². The van der Waals surface area contributed by atoms with Crippen LogP contribution in [-0.4, -0.2) is 23.1 Å². The van der Waals surface area contributed by atoms with Gasteiger partial charge in [-0.1, -0.05) is 6.07 Å². The molecule has 0 N–H and O–H groups in total. The first-order valence-electron chi connectivity index (χ1n) is 7.31. The highest BCUT2D eigenvalue weighted by Gasteiger charge is 2.19. The Hall–Kier alpha value is -2.67. The number of methoxy groups -OCH3 is 1. The van der Waals surface area contributed by atoms with Crippen LogP contribution in [0, 0.1) is 0 Å². The van der Waals surface area contributed by atoms with Crippen LogP contribution in [-0.2, 0) is 0 Å². The SMILES string of the molecule is COc1ccc(C(C)=O)c(O[C@H](C)c2nnc(-c3cccs3)o2)c1. The van der Waals surface area contributed by atoms with Gasteiger partial charge >= 0.3 is 0 Å². The Bertz CT molecular complexity index is 842. The van der Waals surface area contributed by atoms with Crippen molar-refractivity contribution in [3.05, 3.63) is 47.2 Å². The lowest BCUT2D eigenvalue weighted by Crippen LogP contribution is -2.07. The molecule has 7 heteroatoms. The van der Waals surface area contributed by atoms with Crippen molar-refractivity contribution in [1.82, 2.24) is 10.2 Å². The van der Waals surface area contributed by atoms with Crippen LogP contribution >= 0.6 is 11.3 Å². The third-order valence-corrected chi connectivity index (χ3v) is 4.25. The van der Waals surface area contributed by atoms with Gasteiger partial charge < -0.3 is 13.9 Å². The number of rotatable bonds is 6. The minimum absolute atomic E-state index is 0.0929. The van der Waals surface area contributed by atoms with Gasteiger partial charge in [-0.05, 0) is 37.4 Å². The van der Waals surface area contributed by atoms with E-state index >= 15 is 0 Å². The number of aromatic nitrogens is 2. The Balaban J connectivity index is 1.84. The van der Waals surface area contributed by atoms with Crippen LogP contribution in [0.5, 0.6) is 11.5 Å². The van der Waals surface area contributed by atoms with Gasteiger partial charge in [-0.3, -0.25) is 4.79 Å². The molecule has 0 saturated heterocycles. The molecule has 6 nitrogen and oxygen atoms in total. The molecule has 2 heterocycles. The zero-order chi connectivity index (χ0) is 17.1. The van der Waals surface area contributed by atoms with E-state index in [4.69, 9.17) is 13.9 Å². The Labute approximate surface area is 143 Å². The standard InChI is InChI=1S/C17H16N2O4S/c1-10(20)13-7-6-12(21-3)9-14(13)22-11(2)16-18-19-17(23-16)15-5-4-8-24-15/h4-9,11H,1-3H3/t11-/m1/s1. The predicted molar refractivity (Wildman–Crippen MR) is 89.7 cm³/mol. The highest BCUT2D eigenvalue weighted by atomic mass is 32.1. The van der Waals surface area contributed by atoms with Gasteiger partial charge in [0.25, 0.3) is 11.8 Å². The van der Waals surface area contributed by atoms with Crippen LogP contribution in [0.1, 0.15) is 36.2 Å². The largest absolute Gasteiger partial charge is 0.497 e. The molecular weight excluding hydrogens is 328 g/mol. The summed E-state index contributed by atoms with van der Waals surface area (Å²) in [6.07, 6.45) is -0.503. The first-order valence-corrected chi connectivity index (χ1v) is 8.19. The first-order chi connectivity index (χ1) is 11.6. The predicted octanol–water partition coefficient (Wildman–Crippen LogP) is 4.15. The third-order valence-electron chi connectivity index (χ3n) is 3.39. The molecule has 1 aromatic carbocycles. The van der Waals surface area contributed by atoms with E-state index in [9.17, 15) is 4.79 Å². The molecule has 0 radical (unpaired) electrons. The number of thiophene rings is 1. The minimum Gasteiger partial charge on any atom is -0.497 e. The number of carbonyl (C=O) groups is 1. The summed E-state index contributed by atoms with van der Waals surface area (Å²) in [5.74, 6) is 1.73. The molecular formula is C17H16N2O4S. The van der Waals surface area contributed by atoms with Crippen LogP contribution in [0.15, 0.2) is 40.1 Å². The summed E-state index contributed by atoms with van der Waals surface area (Å²) in [6, 6.07) is 8.89. The summed E-state index contributed by atoms with van der Waals surface area (Å²) in [5, 5.41) is 10.0. The highest BCUT2D eigenvalue weighted by molar-refractivity contribution is 7.13. The van der Waals surface area contributed by atoms with Crippen LogP contribution in [0.3, 0.4) is 0 Å². The van der Waals surface area contributed by atoms with Gasteiger partial charge in [0.05, 0.1) is 17.6 Å². The van der Waals surface area contributed by atoms with Crippen molar-refractivity contribution in [1.29, 1.82) is 0 Å². The Morgan fingerprint density at radius 2 is 2.12 bits per heavy atom. The normalized spacial score (nSPS) is 12.0. The van der Waals surface area contributed by atoms with Crippen LogP contribution in [0.2, 0.25) is 0 Å². The van der Waals surface area contributed by atoms with Crippen molar-refractivity contribution in [2.24, 2.45) is 0 Å². The number of hydrogen-bond acceptors (Lipinski definition) is 7. The van der Waals surface area contributed by atoms with E-state index in [0.29, 0.717) is 28.8 Å². The minimum atomic E-state index is -0.503. The second-order valence-corrected chi connectivity index (χ2v) is 6.05. The highest BCUT2D eigenvalue weighted by Crippen LogP contribution is 2.31. The first kappa shape index (κ1) is 16.2. The summed E-state index contributed by atoms with van der Waals surface area (Å²) < 4.78 is 16.7. The van der Waals surface area contributed by atoms with Crippen molar-refractivity contribution in [3.8, 4) is 22.3 Å². The molecule has 0 fully saturated rings. The third kappa shape index (κ3) is 3.30. The average molecular weight is 344 g/mol. The number of Topliss-reactive ketones (excluding diaryl/α,β-unsaturated/α-hetero) is 1. The van der Waals surface area contributed by atoms with E-state index in [-0.39, 0.29) is 5.78 Å². The molecule has 0 spiro atoms. The second-order valence-electron chi connectivity index (χ2n) is 5.10. The van der Waals surface area contributed by atoms with Crippen LogP contribution < -0.4 is 9.47 Å². The van der Waals surface area contributed by atoms with Crippen molar-refractivity contribution >= 4 is 17.1 Å². The van der Waals surface area contributed by atoms with E-state index < -0.39 is 6.10 Å². The maximum Gasteiger partial charge on any atom is 0.257 e. The topological polar surface area (TPSA) is 74.5 Å². The van der Waals surface area contributed by atoms with Crippen LogP contribution in [0.25, 0.3) is 10.8 Å². The maximum absolute atomic E-state index is 11.8. The number of ketones is 1. The number of hydrogen-bond donors (Lipinski definition) is 0. The van der Waals surface area contributed by atoms with Crippen molar-refractivity contribution in [3.63, 3.8) is 0 Å². The molecule has 3 aromatic rings. The summed E-state index contributed by atoms with van der Waals surface area (Å²) in [6.45, 7) is 3.27. The Kier molecular flexibility index (Phi) is 4.61. The summed E-state index contributed by atoms with van der Waals surface area (Å²) >= 11 is 1.52. The van der Waals surface area contributed by atoms with E-state index in [1.807, 2.05) is 17.5 Å². The van der Waals surface area contributed by atoms with Gasteiger partial charge in [0.15, 0.2) is 11.9 Å². The number of nitrogens with zero attached hydrogens (tertiary/aromatic N) is 2. The molecule has 0 unspecified atom stereocenters.